The van der Waals surface area contributed by atoms with Gasteiger partial charge in [-0.2, -0.15) is 0 Å². The van der Waals surface area contributed by atoms with Gasteiger partial charge in [-0.15, -0.1) is 0 Å². The maximum Gasteiger partial charge on any atom is 0.0973 e. The first-order valence-corrected chi connectivity index (χ1v) is 27.8. The Balaban J connectivity index is 0.866. The molecule has 3 aromatic heterocycles. The van der Waals surface area contributed by atoms with Gasteiger partial charge in [0.15, 0.2) is 0 Å². The van der Waals surface area contributed by atoms with E-state index in [1.807, 2.05) is 12.1 Å². The molecule has 0 amide bonds. The largest absolute Gasteiger partial charge is 0.310 e. The second kappa shape index (κ2) is 20.6. The van der Waals surface area contributed by atoms with E-state index >= 15 is 0 Å². The molecule has 0 aliphatic heterocycles. The zero-order chi connectivity index (χ0) is 54.3. The summed E-state index contributed by atoms with van der Waals surface area (Å²) in [5, 5.41) is 4.79. The summed E-state index contributed by atoms with van der Waals surface area (Å²) >= 11 is 0. The molecule has 3 heterocycles. The average Bonchev–Trinajstić information content (AvgIpc) is 4.21. The molecular formula is C76H52N6. The first kappa shape index (κ1) is 48.1. The van der Waals surface area contributed by atoms with Crippen molar-refractivity contribution in [1.29, 1.82) is 0 Å². The molecule has 0 atom stereocenters. The fourth-order valence-electron chi connectivity index (χ4n) is 11.9. The summed E-state index contributed by atoms with van der Waals surface area (Å²) in [6.07, 6.45) is 0. The summed E-state index contributed by atoms with van der Waals surface area (Å²) in [5.41, 5.74) is 20.3. The predicted octanol–water partition coefficient (Wildman–Crippen LogP) is 20.3. The molecule has 386 valence electrons. The van der Waals surface area contributed by atoms with Gasteiger partial charge in [-0.05, 0) is 121 Å². The van der Waals surface area contributed by atoms with Crippen molar-refractivity contribution in [3.05, 3.63) is 315 Å². The smallest absolute Gasteiger partial charge is 0.0973 e. The van der Waals surface area contributed by atoms with E-state index in [0.29, 0.717) is 0 Å². The van der Waals surface area contributed by atoms with E-state index in [4.69, 9.17) is 9.97 Å². The third kappa shape index (κ3) is 8.54. The van der Waals surface area contributed by atoms with Gasteiger partial charge in [0, 0.05) is 89.3 Å². The van der Waals surface area contributed by atoms with Crippen molar-refractivity contribution in [2.24, 2.45) is 0 Å². The van der Waals surface area contributed by atoms with Gasteiger partial charge in [0.1, 0.15) is 0 Å². The van der Waals surface area contributed by atoms with E-state index in [1.165, 1.54) is 32.6 Å². The first-order valence-electron chi connectivity index (χ1n) is 27.8. The zero-order valence-corrected chi connectivity index (χ0v) is 44.7. The highest BCUT2D eigenvalue weighted by Crippen LogP contribution is 2.44. The highest BCUT2D eigenvalue weighted by molar-refractivity contribution is 6.12. The van der Waals surface area contributed by atoms with Gasteiger partial charge in [-0.3, -0.25) is 0 Å². The fourth-order valence-corrected chi connectivity index (χ4v) is 11.9. The van der Waals surface area contributed by atoms with Crippen molar-refractivity contribution in [3.63, 3.8) is 0 Å². The van der Waals surface area contributed by atoms with Gasteiger partial charge in [-0.25, -0.2) is 9.97 Å². The van der Waals surface area contributed by atoms with Crippen LogP contribution in [0.1, 0.15) is 0 Å². The van der Waals surface area contributed by atoms with Gasteiger partial charge in [-0.1, -0.05) is 194 Å². The van der Waals surface area contributed by atoms with E-state index in [0.717, 1.165) is 102 Å². The monoisotopic (exact) mass is 1050 g/mol. The van der Waals surface area contributed by atoms with Crippen LogP contribution in [-0.4, -0.2) is 19.1 Å². The Morgan fingerprint density at radius 1 is 0.207 bits per heavy atom. The van der Waals surface area contributed by atoms with Crippen molar-refractivity contribution in [2.75, 3.05) is 9.80 Å². The Kier molecular flexibility index (Phi) is 12.1. The minimum atomic E-state index is 0.791. The van der Waals surface area contributed by atoms with Crippen molar-refractivity contribution in [2.45, 2.75) is 0 Å². The number of aromatic nitrogens is 4. The molecule has 0 saturated carbocycles. The van der Waals surface area contributed by atoms with Crippen LogP contribution < -0.4 is 9.80 Å². The molecule has 82 heavy (non-hydrogen) atoms. The third-order valence-electron chi connectivity index (χ3n) is 15.7. The van der Waals surface area contributed by atoms with Crippen LogP contribution in [0, 0.1) is 0 Å². The lowest BCUT2D eigenvalue weighted by Crippen LogP contribution is -2.10. The molecular weight excluding hydrogens is 997 g/mol. The summed E-state index contributed by atoms with van der Waals surface area (Å²) < 4.78 is 4.72. The van der Waals surface area contributed by atoms with Crippen LogP contribution in [0.2, 0.25) is 0 Å². The lowest BCUT2D eigenvalue weighted by Gasteiger charge is -2.26. The van der Waals surface area contributed by atoms with Crippen LogP contribution in [-0.2, 0) is 0 Å². The number of hydrogen-bond donors (Lipinski definition) is 0. The molecule has 0 bridgehead atoms. The normalized spacial score (nSPS) is 11.4. The molecule has 0 aliphatic carbocycles. The lowest BCUT2D eigenvalue weighted by atomic mass is 9.99. The van der Waals surface area contributed by atoms with E-state index in [9.17, 15) is 0 Å². The molecule has 6 heteroatoms. The molecule has 0 N–H and O–H groups in total. The highest BCUT2D eigenvalue weighted by atomic mass is 15.1. The average molecular weight is 1050 g/mol. The lowest BCUT2D eigenvalue weighted by molar-refractivity contribution is 1.18. The quantitative estimate of drug-likeness (QED) is 0.122. The predicted molar refractivity (Wildman–Crippen MR) is 342 cm³/mol. The van der Waals surface area contributed by atoms with Crippen LogP contribution in [0.4, 0.5) is 34.1 Å². The maximum absolute atomic E-state index is 5.69. The molecule has 0 spiro atoms. The first-order chi connectivity index (χ1) is 40.7. The van der Waals surface area contributed by atoms with Gasteiger partial charge in [0.25, 0.3) is 0 Å². The summed E-state index contributed by atoms with van der Waals surface area (Å²) in [7, 11) is 0. The second-order valence-electron chi connectivity index (χ2n) is 20.6. The Morgan fingerprint density at radius 2 is 0.476 bits per heavy atom. The Morgan fingerprint density at radius 3 is 0.841 bits per heavy atom. The summed E-state index contributed by atoms with van der Waals surface area (Å²) in [5.74, 6) is 0. The zero-order valence-electron chi connectivity index (χ0n) is 44.7. The molecule has 6 nitrogen and oxygen atoms in total. The molecule has 0 radical (unpaired) electrons. The van der Waals surface area contributed by atoms with Gasteiger partial charge in [0.05, 0.1) is 44.8 Å². The molecule has 12 aromatic carbocycles. The van der Waals surface area contributed by atoms with Crippen molar-refractivity contribution >= 4 is 77.7 Å². The van der Waals surface area contributed by atoms with Gasteiger partial charge >= 0.3 is 0 Å². The summed E-state index contributed by atoms with van der Waals surface area (Å²) in [4.78, 5) is 16.1. The van der Waals surface area contributed by atoms with Crippen LogP contribution in [0.3, 0.4) is 0 Å². The fraction of sp³-hybridized carbons (Fsp3) is 0. The van der Waals surface area contributed by atoms with Crippen LogP contribution >= 0.6 is 0 Å². The Bertz CT molecular complexity index is 4450. The topological polar surface area (TPSA) is 42.1 Å². The van der Waals surface area contributed by atoms with Crippen molar-refractivity contribution < 1.29 is 0 Å². The standard InChI is InChI=1S/C76H52N6/c1-7-23-53(24-8-1)73-74(54-25-9-2-10-26-54)78-76(56-41-45-62(46-42-56)80(58-29-13-4-14-30-58)64-48-50-72-68(52-64)66-36-20-22-38-70(66)82(72)60-33-17-6-18-34-60)75(77-73)55-39-43-61(44-40-55)79(57-27-11-3-12-28-57)63-47-49-71-67(51-63)65-35-19-21-37-69(65)81(71)59-31-15-5-16-32-59/h1-52H. The van der Waals surface area contributed by atoms with E-state index in [-0.39, 0.29) is 0 Å². The van der Waals surface area contributed by atoms with E-state index in [2.05, 4.69) is 322 Å². The highest BCUT2D eigenvalue weighted by Gasteiger charge is 2.23. The molecule has 15 aromatic rings. The number of benzene rings is 12. The van der Waals surface area contributed by atoms with Crippen molar-refractivity contribution in [1.82, 2.24) is 19.1 Å². The summed E-state index contributed by atoms with van der Waals surface area (Å²) in [6.45, 7) is 0. The van der Waals surface area contributed by atoms with E-state index < -0.39 is 0 Å². The number of rotatable bonds is 12. The number of hydrogen-bond acceptors (Lipinski definition) is 4. The molecule has 0 unspecified atom stereocenters. The SMILES string of the molecule is c1ccc(-c2nc(-c3ccc(N(c4ccccc4)c4ccc5c(c4)c4ccccc4n5-c4ccccc4)cc3)c(-c3ccc(N(c4ccccc4)c4ccc5c(c4)c4ccccc4n5-c4ccccc4)cc3)nc2-c2ccccc2)cc1. The van der Waals surface area contributed by atoms with Crippen molar-refractivity contribution in [3.8, 4) is 56.4 Å². The molecule has 0 fully saturated rings. The third-order valence-corrected chi connectivity index (χ3v) is 15.7. The minimum absolute atomic E-state index is 0.791. The van der Waals surface area contributed by atoms with Crippen LogP contribution in [0.15, 0.2) is 315 Å². The Labute approximate surface area is 476 Å². The number of anilines is 6. The molecule has 0 saturated heterocycles. The maximum atomic E-state index is 5.69. The van der Waals surface area contributed by atoms with Gasteiger partial charge in [0.2, 0.25) is 0 Å². The van der Waals surface area contributed by atoms with Crippen LogP contribution in [0.25, 0.3) is 100 Å². The molecule has 0 aliphatic rings. The van der Waals surface area contributed by atoms with Gasteiger partial charge < -0.3 is 18.9 Å². The van der Waals surface area contributed by atoms with Crippen LogP contribution in [0.5, 0.6) is 0 Å². The summed E-state index contributed by atoms with van der Waals surface area (Å²) in [6, 6.07) is 112. The van der Waals surface area contributed by atoms with E-state index in [1.54, 1.807) is 0 Å². The number of nitrogens with zero attached hydrogens (tertiary/aromatic N) is 6. The Hall–Kier alpha value is -11.1. The number of fused-ring (bicyclic) bond motifs is 6. The minimum Gasteiger partial charge on any atom is -0.310 e. The number of para-hydroxylation sites is 6. The second-order valence-corrected chi connectivity index (χ2v) is 20.6. The molecule has 15 rings (SSSR count).